The van der Waals surface area contributed by atoms with Crippen LogP contribution >= 0.6 is 0 Å². The highest BCUT2D eigenvalue weighted by molar-refractivity contribution is 4.88. The molecule has 0 amide bonds. The first-order chi connectivity index (χ1) is 8.65. The molecule has 3 heteroatoms. The topological polar surface area (TPSA) is 24.5 Å². The predicted molar refractivity (Wildman–Crippen MR) is 75.8 cm³/mol. The Hall–Kier alpha value is -0.120. The SMILES string of the molecule is CCC(C)(CNC1CC1)CN1CCC(COC)C1. The molecule has 1 aliphatic heterocycles. The average molecular weight is 254 g/mol. The number of methoxy groups -OCH3 is 1. The summed E-state index contributed by atoms with van der Waals surface area (Å²) in [5, 5.41) is 3.71. The van der Waals surface area contributed by atoms with Gasteiger partial charge >= 0.3 is 0 Å². The van der Waals surface area contributed by atoms with Crippen molar-refractivity contribution in [3.63, 3.8) is 0 Å². The lowest BCUT2D eigenvalue weighted by Gasteiger charge is -2.33. The number of hydrogen-bond donors (Lipinski definition) is 1. The molecule has 1 aliphatic carbocycles. The van der Waals surface area contributed by atoms with Crippen LogP contribution in [0.2, 0.25) is 0 Å². The molecule has 2 unspecified atom stereocenters. The molecule has 0 aromatic heterocycles. The number of hydrogen-bond acceptors (Lipinski definition) is 3. The molecule has 2 fully saturated rings. The number of rotatable bonds is 8. The minimum Gasteiger partial charge on any atom is -0.384 e. The summed E-state index contributed by atoms with van der Waals surface area (Å²) in [7, 11) is 1.82. The highest BCUT2D eigenvalue weighted by Gasteiger charge is 2.31. The molecule has 0 aromatic carbocycles. The van der Waals surface area contributed by atoms with Crippen molar-refractivity contribution in [2.24, 2.45) is 11.3 Å². The van der Waals surface area contributed by atoms with Gasteiger partial charge in [0.2, 0.25) is 0 Å². The Morgan fingerprint density at radius 1 is 1.33 bits per heavy atom. The van der Waals surface area contributed by atoms with Crippen molar-refractivity contribution in [3.05, 3.63) is 0 Å². The van der Waals surface area contributed by atoms with Crippen molar-refractivity contribution in [1.82, 2.24) is 10.2 Å². The van der Waals surface area contributed by atoms with Gasteiger partial charge in [-0.2, -0.15) is 0 Å². The first-order valence-corrected chi connectivity index (χ1v) is 7.60. The minimum absolute atomic E-state index is 0.435. The summed E-state index contributed by atoms with van der Waals surface area (Å²) < 4.78 is 5.28. The van der Waals surface area contributed by atoms with Crippen LogP contribution in [0.4, 0.5) is 0 Å². The quantitative estimate of drug-likeness (QED) is 0.718. The van der Waals surface area contributed by atoms with Crippen LogP contribution in [0.25, 0.3) is 0 Å². The molecule has 18 heavy (non-hydrogen) atoms. The highest BCUT2D eigenvalue weighted by Crippen LogP contribution is 2.28. The third-order valence-electron chi connectivity index (χ3n) is 4.63. The molecular formula is C15H30N2O. The van der Waals surface area contributed by atoms with E-state index in [1.54, 1.807) is 0 Å². The molecule has 2 rings (SSSR count). The minimum atomic E-state index is 0.435. The van der Waals surface area contributed by atoms with E-state index in [1.165, 1.54) is 51.9 Å². The smallest absolute Gasteiger partial charge is 0.0503 e. The van der Waals surface area contributed by atoms with Crippen molar-refractivity contribution in [2.75, 3.05) is 39.9 Å². The summed E-state index contributed by atoms with van der Waals surface area (Å²) in [6, 6.07) is 0.829. The fourth-order valence-electron chi connectivity index (χ4n) is 2.94. The van der Waals surface area contributed by atoms with Gasteiger partial charge in [-0.1, -0.05) is 13.8 Å². The van der Waals surface area contributed by atoms with E-state index in [1.807, 2.05) is 7.11 Å². The largest absolute Gasteiger partial charge is 0.384 e. The molecule has 2 aliphatic rings. The van der Waals surface area contributed by atoms with Gasteiger partial charge in [0.25, 0.3) is 0 Å². The second-order valence-corrected chi connectivity index (χ2v) is 6.66. The summed E-state index contributed by atoms with van der Waals surface area (Å²) in [5.41, 5.74) is 0.435. The van der Waals surface area contributed by atoms with Crippen LogP contribution in [0.5, 0.6) is 0 Å². The van der Waals surface area contributed by atoms with Crippen molar-refractivity contribution in [3.8, 4) is 0 Å². The first kappa shape index (κ1) is 14.3. The Bertz CT molecular complexity index is 255. The van der Waals surface area contributed by atoms with Gasteiger partial charge in [-0.05, 0) is 43.6 Å². The van der Waals surface area contributed by atoms with E-state index in [9.17, 15) is 0 Å². The second kappa shape index (κ2) is 6.36. The summed E-state index contributed by atoms with van der Waals surface area (Å²) in [4.78, 5) is 2.64. The molecule has 1 saturated heterocycles. The van der Waals surface area contributed by atoms with Crippen molar-refractivity contribution in [1.29, 1.82) is 0 Å². The molecular weight excluding hydrogens is 224 g/mol. The van der Waals surface area contributed by atoms with E-state index in [2.05, 4.69) is 24.1 Å². The van der Waals surface area contributed by atoms with Gasteiger partial charge in [-0.15, -0.1) is 0 Å². The van der Waals surface area contributed by atoms with Crippen LogP contribution in [0.15, 0.2) is 0 Å². The molecule has 2 atom stereocenters. The third-order valence-corrected chi connectivity index (χ3v) is 4.63. The lowest BCUT2D eigenvalue weighted by atomic mass is 9.86. The molecule has 1 heterocycles. The van der Waals surface area contributed by atoms with Gasteiger partial charge in [-0.3, -0.25) is 0 Å². The van der Waals surface area contributed by atoms with Crippen molar-refractivity contribution in [2.45, 2.75) is 45.6 Å². The molecule has 1 saturated carbocycles. The molecule has 106 valence electrons. The van der Waals surface area contributed by atoms with E-state index in [0.29, 0.717) is 5.41 Å². The van der Waals surface area contributed by atoms with Crippen LogP contribution in [0.3, 0.4) is 0 Å². The molecule has 0 radical (unpaired) electrons. The molecule has 0 aromatic rings. The summed E-state index contributed by atoms with van der Waals surface area (Å²) in [5.74, 6) is 0.757. The van der Waals surface area contributed by atoms with Crippen LogP contribution in [0.1, 0.15) is 39.5 Å². The van der Waals surface area contributed by atoms with Gasteiger partial charge in [0.1, 0.15) is 0 Å². The fourth-order valence-corrected chi connectivity index (χ4v) is 2.94. The van der Waals surface area contributed by atoms with E-state index in [-0.39, 0.29) is 0 Å². The summed E-state index contributed by atoms with van der Waals surface area (Å²) >= 11 is 0. The zero-order chi connectivity index (χ0) is 13.0. The predicted octanol–water partition coefficient (Wildman–Crippen LogP) is 2.12. The van der Waals surface area contributed by atoms with Crippen LogP contribution in [-0.4, -0.2) is 50.8 Å². The average Bonchev–Trinajstić information content (AvgIpc) is 3.10. The lowest BCUT2D eigenvalue weighted by molar-refractivity contribution is 0.139. The van der Waals surface area contributed by atoms with Crippen molar-refractivity contribution < 1.29 is 4.74 Å². The molecule has 1 N–H and O–H groups in total. The number of nitrogens with one attached hydrogen (secondary N) is 1. The Balaban J connectivity index is 1.74. The normalized spacial score (nSPS) is 28.5. The standard InChI is InChI=1S/C15H30N2O/c1-4-15(2,11-16-14-5-6-14)12-17-8-7-13(9-17)10-18-3/h13-14,16H,4-12H2,1-3H3. The Kier molecular flexibility index (Phi) is 5.05. The Labute approximate surface area is 112 Å². The molecule has 3 nitrogen and oxygen atoms in total. The van der Waals surface area contributed by atoms with Gasteiger partial charge < -0.3 is 15.0 Å². The van der Waals surface area contributed by atoms with E-state index < -0.39 is 0 Å². The van der Waals surface area contributed by atoms with Crippen molar-refractivity contribution >= 4 is 0 Å². The molecule has 0 spiro atoms. The van der Waals surface area contributed by atoms with E-state index >= 15 is 0 Å². The Morgan fingerprint density at radius 2 is 2.11 bits per heavy atom. The monoisotopic (exact) mass is 254 g/mol. The fraction of sp³-hybridized carbons (Fsp3) is 1.00. The number of ether oxygens (including phenoxy) is 1. The van der Waals surface area contributed by atoms with E-state index in [4.69, 9.17) is 4.74 Å². The number of nitrogens with zero attached hydrogens (tertiary/aromatic N) is 1. The van der Waals surface area contributed by atoms with Gasteiger partial charge in [-0.25, -0.2) is 0 Å². The maximum absolute atomic E-state index is 5.28. The zero-order valence-corrected chi connectivity index (χ0v) is 12.4. The maximum atomic E-state index is 5.28. The van der Waals surface area contributed by atoms with E-state index in [0.717, 1.165) is 18.6 Å². The second-order valence-electron chi connectivity index (χ2n) is 6.66. The lowest BCUT2D eigenvalue weighted by Crippen LogP contribution is -2.42. The number of likely N-dealkylation sites (tertiary alicyclic amines) is 1. The first-order valence-electron chi connectivity index (χ1n) is 7.60. The maximum Gasteiger partial charge on any atom is 0.0503 e. The summed E-state index contributed by atoms with van der Waals surface area (Å²) in [6.07, 6.45) is 5.35. The highest BCUT2D eigenvalue weighted by atomic mass is 16.5. The van der Waals surface area contributed by atoms with Crippen LogP contribution < -0.4 is 5.32 Å². The third kappa shape index (κ3) is 4.22. The summed E-state index contributed by atoms with van der Waals surface area (Å²) in [6.45, 7) is 10.6. The molecule has 0 bridgehead atoms. The van der Waals surface area contributed by atoms with Gasteiger partial charge in [0, 0.05) is 32.8 Å². The van der Waals surface area contributed by atoms with Gasteiger partial charge in [0.05, 0.1) is 6.61 Å². The van der Waals surface area contributed by atoms with Crippen LogP contribution in [-0.2, 0) is 4.74 Å². The van der Waals surface area contributed by atoms with Gasteiger partial charge in [0.15, 0.2) is 0 Å². The Morgan fingerprint density at radius 3 is 2.72 bits per heavy atom. The zero-order valence-electron chi connectivity index (χ0n) is 12.4. The van der Waals surface area contributed by atoms with Crippen LogP contribution in [0, 0.1) is 11.3 Å².